The van der Waals surface area contributed by atoms with Crippen molar-refractivity contribution in [2.24, 2.45) is 0 Å². The van der Waals surface area contributed by atoms with E-state index < -0.39 is 5.97 Å². The third-order valence-corrected chi connectivity index (χ3v) is 3.72. The second-order valence-corrected chi connectivity index (χ2v) is 5.55. The average Bonchev–Trinajstić information content (AvgIpc) is 2.58. The Labute approximate surface area is 140 Å². The quantitative estimate of drug-likeness (QED) is 0.844. The molecule has 0 fully saturated rings. The molecule has 1 amide bonds. The van der Waals surface area contributed by atoms with Gasteiger partial charge in [0.05, 0.1) is 5.56 Å². The number of carboxylic acid groups (broad SMARTS) is 1. The predicted octanol–water partition coefficient (Wildman–Crippen LogP) is 3.62. The summed E-state index contributed by atoms with van der Waals surface area (Å²) >= 11 is 0. The Balaban J connectivity index is 2.08. The summed E-state index contributed by atoms with van der Waals surface area (Å²) in [4.78, 5) is 25.2. The molecular weight excluding hydrogens is 309 g/mol. The highest BCUT2D eigenvalue weighted by Crippen LogP contribution is 2.11. The van der Waals surface area contributed by atoms with Crippen molar-refractivity contribution in [1.82, 2.24) is 4.90 Å². The van der Waals surface area contributed by atoms with Gasteiger partial charge in [0.2, 0.25) is 0 Å². The summed E-state index contributed by atoms with van der Waals surface area (Å²) in [5.74, 6) is -1.46. The smallest absolute Gasteiger partial charge is 0.335 e. The van der Waals surface area contributed by atoms with E-state index in [0.29, 0.717) is 25.1 Å². The van der Waals surface area contributed by atoms with Crippen LogP contribution in [0.3, 0.4) is 0 Å². The van der Waals surface area contributed by atoms with Crippen LogP contribution in [0.1, 0.15) is 39.6 Å². The van der Waals surface area contributed by atoms with Crippen LogP contribution in [0.25, 0.3) is 0 Å². The van der Waals surface area contributed by atoms with E-state index in [-0.39, 0.29) is 17.3 Å². The molecule has 126 valence electrons. The van der Waals surface area contributed by atoms with Crippen LogP contribution in [0.15, 0.2) is 48.5 Å². The normalized spacial score (nSPS) is 10.4. The number of aromatic carboxylic acids is 1. The Hall–Kier alpha value is -2.69. The first-order chi connectivity index (χ1) is 11.5. The molecule has 5 heteroatoms. The molecule has 0 spiro atoms. The number of rotatable bonds is 7. The van der Waals surface area contributed by atoms with Crippen LogP contribution in [0.2, 0.25) is 0 Å². The molecule has 2 aromatic rings. The molecule has 2 aromatic carbocycles. The topological polar surface area (TPSA) is 57.6 Å². The summed E-state index contributed by atoms with van der Waals surface area (Å²) in [6.07, 6.45) is 1.37. The van der Waals surface area contributed by atoms with Gasteiger partial charge in [0.25, 0.3) is 5.91 Å². The molecule has 4 nitrogen and oxygen atoms in total. The Morgan fingerprint density at radius 2 is 1.71 bits per heavy atom. The van der Waals surface area contributed by atoms with Crippen molar-refractivity contribution in [2.75, 3.05) is 13.1 Å². The number of hydrogen-bond donors (Lipinski definition) is 1. The van der Waals surface area contributed by atoms with Crippen molar-refractivity contribution in [3.05, 3.63) is 71.0 Å². The zero-order chi connectivity index (χ0) is 17.5. The Morgan fingerprint density at radius 1 is 1.04 bits per heavy atom. The number of carbonyl (C=O) groups is 2. The Bertz CT molecular complexity index is 713. The summed E-state index contributed by atoms with van der Waals surface area (Å²) in [5.41, 5.74) is 1.44. The van der Waals surface area contributed by atoms with Gasteiger partial charge in [0.15, 0.2) is 0 Å². The highest BCUT2D eigenvalue weighted by Gasteiger charge is 2.15. The van der Waals surface area contributed by atoms with Crippen molar-refractivity contribution >= 4 is 11.9 Å². The zero-order valence-electron chi connectivity index (χ0n) is 13.5. The minimum atomic E-state index is -1.02. The van der Waals surface area contributed by atoms with Crippen molar-refractivity contribution in [3.63, 3.8) is 0 Å². The first-order valence-electron chi connectivity index (χ1n) is 7.88. The molecule has 0 aliphatic rings. The molecule has 0 saturated heterocycles. The number of benzene rings is 2. The number of amides is 1. The van der Waals surface area contributed by atoms with Gasteiger partial charge >= 0.3 is 5.97 Å². The lowest BCUT2D eigenvalue weighted by atomic mass is 10.1. The van der Waals surface area contributed by atoms with E-state index in [1.165, 1.54) is 36.4 Å². The summed E-state index contributed by atoms with van der Waals surface area (Å²) < 4.78 is 13.2. The van der Waals surface area contributed by atoms with Crippen molar-refractivity contribution in [1.29, 1.82) is 0 Å². The number of halogens is 1. The molecule has 0 atom stereocenters. The fourth-order valence-electron chi connectivity index (χ4n) is 2.48. The molecule has 0 aliphatic heterocycles. The molecule has 1 N–H and O–H groups in total. The van der Waals surface area contributed by atoms with Gasteiger partial charge in [-0.2, -0.15) is 0 Å². The molecule has 24 heavy (non-hydrogen) atoms. The van der Waals surface area contributed by atoms with Gasteiger partial charge in [-0.25, -0.2) is 9.18 Å². The van der Waals surface area contributed by atoms with Crippen LogP contribution in [0.5, 0.6) is 0 Å². The first kappa shape index (κ1) is 17.7. The fourth-order valence-corrected chi connectivity index (χ4v) is 2.48. The molecule has 0 aromatic heterocycles. The van der Waals surface area contributed by atoms with E-state index in [1.54, 1.807) is 11.0 Å². The van der Waals surface area contributed by atoms with E-state index >= 15 is 0 Å². The molecule has 0 aliphatic carbocycles. The molecule has 0 radical (unpaired) electrons. The molecule has 0 saturated carbocycles. The van der Waals surface area contributed by atoms with Gasteiger partial charge in [0.1, 0.15) is 5.82 Å². The Morgan fingerprint density at radius 3 is 2.29 bits per heavy atom. The van der Waals surface area contributed by atoms with Gasteiger partial charge < -0.3 is 10.0 Å². The zero-order valence-corrected chi connectivity index (χ0v) is 13.5. The second kappa shape index (κ2) is 8.24. The highest BCUT2D eigenvalue weighted by atomic mass is 19.1. The first-order valence-corrected chi connectivity index (χ1v) is 7.88. The third kappa shape index (κ3) is 4.65. The monoisotopic (exact) mass is 329 g/mol. The minimum absolute atomic E-state index is 0.147. The molecular formula is C19H20FNO3. The number of carbonyl (C=O) groups excluding carboxylic acids is 1. The summed E-state index contributed by atoms with van der Waals surface area (Å²) in [6, 6.07) is 12.2. The molecule has 0 bridgehead atoms. The van der Waals surface area contributed by atoms with Gasteiger partial charge in [-0.05, 0) is 54.8 Å². The summed E-state index contributed by atoms with van der Waals surface area (Å²) in [5, 5.41) is 8.91. The fraction of sp³-hybridized carbons (Fsp3) is 0.263. The van der Waals surface area contributed by atoms with Crippen LogP contribution in [-0.2, 0) is 6.42 Å². The maximum absolute atomic E-state index is 13.2. The van der Waals surface area contributed by atoms with Gasteiger partial charge in [-0.15, -0.1) is 0 Å². The SMILES string of the molecule is CCCN(CCc1cccc(F)c1)C(=O)c1ccc(C(=O)O)cc1. The third-order valence-electron chi connectivity index (χ3n) is 3.72. The summed E-state index contributed by atoms with van der Waals surface area (Å²) in [7, 11) is 0. The van der Waals surface area contributed by atoms with Crippen LogP contribution in [0.4, 0.5) is 4.39 Å². The molecule has 0 heterocycles. The lowest BCUT2D eigenvalue weighted by Gasteiger charge is -2.22. The summed E-state index contributed by atoms with van der Waals surface area (Å²) in [6.45, 7) is 3.06. The lowest BCUT2D eigenvalue weighted by Crippen LogP contribution is -2.33. The van der Waals surface area contributed by atoms with E-state index in [0.717, 1.165) is 12.0 Å². The van der Waals surface area contributed by atoms with Crippen molar-refractivity contribution in [2.45, 2.75) is 19.8 Å². The van der Waals surface area contributed by atoms with E-state index in [9.17, 15) is 14.0 Å². The van der Waals surface area contributed by atoms with Crippen molar-refractivity contribution in [3.8, 4) is 0 Å². The van der Waals surface area contributed by atoms with Gasteiger partial charge in [-0.3, -0.25) is 4.79 Å². The van der Waals surface area contributed by atoms with Crippen LogP contribution in [-0.4, -0.2) is 35.0 Å². The second-order valence-electron chi connectivity index (χ2n) is 5.55. The lowest BCUT2D eigenvalue weighted by molar-refractivity contribution is 0.0694. The number of hydrogen-bond acceptors (Lipinski definition) is 2. The molecule has 2 rings (SSSR count). The predicted molar refractivity (Wildman–Crippen MR) is 89.7 cm³/mol. The maximum atomic E-state index is 13.2. The minimum Gasteiger partial charge on any atom is -0.478 e. The van der Waals surface area contributed by atoms with Gasteiger partial charge in [0, 0.05) is 18.7 Å². The van der Waals surface area contributed by atoms with Crippen LogP contribution in [0, 0.1) is 5.82 Å². The number of nitrogens with zero attached hydrogens (tertiary/aromatic N) is 1. The van der Waals surface area contributed by atoms with Crippen LogP contribution >= 0.6 is 0 Å². The van der Waals surface area contributed by atoms with Gasteiger partial charge in [-0.1, -0.05) is 19.1 Å². The number of carboxylic acids is 1. The highest BCUT2D eigenvalue weighted by molar-refractivity contribution is 5.95. The largest absolute Gasteiger partial charge is 0.478 e. The van der Waals surface area contributed by atoms with E-state index in [2.05, 4.69) is 0 Å². The van der Waals surface area contributed by atoms with E-state index in [1.807, 2.05) is 13.0 Å². The van der Waals surface area contributed by atoms with Crippen LogP contribution < -0.4 is 0 Å². The van der Waals surface area contributed by atoms with E-state index in [4.69, 9.17) is 5.11 Å². The van der Waals surface area contributed by atoms with Crippen molar-refractivity contribution < 1.29 is 19.1 Å². The standard InChI is InChI=1S/C19H20FNO3/c1-2-11-21(12-10-14-4-3-5-17(20)13-14)18(22)15-6-8-16(9-7-15)19(23)24/h3-9,13H,2,10-12H2,1H3,(H,23,24). The average molecular weight is 329 g/mol. The molecule has 0 unspecified atom stereocenters. The Kier molecular flexibility index (Phi) is 6.07. The maximum Gasteiger partial charge on any atom is 0.335 e.